The molecule has 4 saturated carbocycles. The summed E-state index contributed by atoms with van der Waals surface area (Å²) in [7, 11) is 1.54. The molecule has 0 heterocycles. The molecule has 4 bridgehead atoms. The van der Waals surface area contributed by atoms with E-state index in [0.717, 1.165) is 37.0 Å². The lowest BCUT2D eigenvalue weighted by Crippen LogP contribution is -2.52. The highest BCUT2D eigenvalue weighted by Crippen LogP contribution is 2.57. The second kappa shape index (κ2) is 4.04. The molecule has 94 valence electrons. The Morgan fingerprint density at radius 1 is 1.12 bits per heavy atom. The van der Waals surface area contributed by atoms with E-state index in [0.29, 0.717) is 0 Å². The fraction of sp³-hybridized carbons (Fsp3) is 0.786. The molecule has 0 saturated heterocycles. The highest BCUT2D eigenvalue weighted by molar-refractivity contribution is 5.82. The van der Waals surface area contributed by atoms with E-state index in [1.54, 1.807) is 0 Å². The summed E-state index contributed by atoms with van der Waals surface area (Å²) in [5.74, 6) is 2.18. The van der Waals surface area contributed by atoms with Gasteiger partial charge in [0.15, 0.2) is 0 Å². The Hall–Kier alpha value is -0.990. The van der Waals surface area contributed by atoms with Crippen molar-refractivity contribution < 1.29 is 14.3 Å². The van der Waals surface area contributed by atoms with Crippen LogP contribution in [0.25, 0.3) is 0 Å². The van der Waals surface area contributed by atoms with Crippen molar-refractivity contribution in [3.8, 4) is 0 Å². The van der Waals surface area contributed by atoms with E-state index in [2.05, 4.69) is 0 Å². The molecule has 4 aliphatic carbocycles. The van der Waals surface area contributed by atoms with Crippen LogP contribution in [-0.2, 0) is 14.3 Å². The van der Waals surface area contributed by atoms with Crippen LogP contribution in [0, 0.1) is 17.8 Å². The first-order chi connectivity index (χ1) is 8.19. The highest BCUT2D eigenvalue weighted by Gasteiger charge is 2.53. The first-order valence-corrected chi connectivity index (χ1v) is 6.61. The van der Waals surface area contributed by atoms with Crippen LogP contribution in [-0.4, -0.2) is 18.7 Å². The molecule has 0 N–H and O–H groups in total. The summed E-state index contributed by atoms with van der Waals surface area (Å²) in [5, 5.41) is 0. The van der Waals surface area contributed by atoms with Crippen molar-refractivity contribution in [2.45, 2.75) is 44.1 Å². The number of carbonyl (C=O) groups excluding carboxylic acids is 1. The standard InChI is InChI=1S/C14H20O3/c1-16-3-2-13(15)17-14-7-10-4-11(8-14)6-12(5-10)9-14/h2-3,10-12H,4-9H2,1H3. The summed E-state index contributed by atoms with van der Waals surface area (Å²) in [6.45, 7) is 0. The van der Waals surface area contributed by atoms with Gasteiger partial charge in [-0.25, -0.2) is 4.79 Å². The van der Waals surface area contributed by atoms with Crippen LogP contribution >= 0.6 is 0 Å². The molecule has 0 amide bonds. The molecular weight excluding hydrogens is 216 g/mol. The maximum absolute atomic E-state index is 11.7. The zero-order valence-electron chi connectivity index (χ0n) is 10.4. The van der Waals surface area contributed by atoms with Gasteiger partial charge in [0.05, 0.1) is 19.4 Å². The first kappa shape index (κ1) is 11.1. The van der Waals surface area contributed by atoms with Gasteiger partial charge in [0.2, 0.25) is 0 Å². The Morgan fingerprint density at radius 3 is 2.12 bits per heavy atom. The molecule has 4 fully saturated rings. The summed E-state index contributed by atoms with van der Waals surface area (Å²) in [6.07, 6.45) is 10.1. The van der Waals surface area contributed by atoms with Gasteiger partial charge in [0, 0.05) is 0 Å². The lowest BCUT2D eigenvalue weighted by atomic mass is 9.54. The summed E-state index contributed by atoms with van der Waals surface area (Å²) < 4.78 is 10.5. The molecule has 0 aromatic rings. The normalized spacial score (nSPS) is 43.0. The lowest BCUT2D eigenvalue weighted by molar-refractivity contribution is -0.181. The Morgan fingerprint density at radius 2 is 1.65 bits per heavy atom. The number of hydrogen-bond donors (Lipinski definition) is 0. The van der Waals surface area contributed by atoms with Gasteiger partial charge in [-0.3, -0.25) is 0 Å². The van der Waals surface area contributed by atoms with Gasteiger partial charge in [0.1, 0.15) is 5.60 Å². The summed E-state index contributed by atoms with van der Waals surface area (Å²) in [5.41, 5.74) is -0.135. The minimum absolute atomic E-state index is 0.135. The molecule has 0 aliphatic heterocycles. The van der Waals surface area contributed by atoms with Crippen LogP contribution < -0.4 is 0 Å². The minimum atomic E-state index is -0.242. The fourth-order valence-electron chi connectivity index (χ4n) is 4.53. The van der Waals surface area contributed by atoms with Crippen molar-refractivity contribution in [3.63, 3.8) is 0 Å². The molecular formula is C14H20O3. The maximum Gasteiger partial charge on any atom is 0.334 e. The van der Waals surface area contributed by atoms with Gasteiger partial charge in [-0.05, 0) is 56.3 Å². The van der Waals surface area contributed by atoms with Gasteiger partial charge in [-0.1, -0.05) is 0 Å². The second-order valence-corrected chi connectivity index (χ2v) is 6.06. The van der Waals surface area contributed by atoms with Gasteiger partial charge < -0.3 is 9.47 Å². The van der Waals surface area contributed by atoms with Gasteiger partial charge in [0.25, 0.3) is 0 Å². The second-order valence-electron chi connectivity index (χ2n) is 6.06. The minimum Gasteiger partial charge on any atom is -0.504 e. The molecule has 4 rings (SSSR count). The van der Waals surface area contributed by atoms with Crippen LogP contribution in [0.5, 0.6) is 0 Å². The predicted molar refractivity (Wildman–Crippen MR) is 63.1 cm³/mol. The van der Waals surface area contributed by atoms with E-state index in [1.165, 1.54) is 38.7 Å². The van der Waals surface area contributed by atoms with Crippen LogP contribution in [0.3, 0.4) is 0 Å². The topological polar surface area (TPSA) is 35.5 Å². The van der Waals surface area contributed by atoms with E-state index in [9.17, 15) is 4.79 Å². The fourth-order valence-corrected chi connectivity index (χ4v) is 4.53. The quantitative estimate of drug-likeness (QED) is 0.429. The molecule has 0 aromatic heterocycles. The van der Waals surface area contributed by atoms with Crippen molar-refractivity contribution in [3.05, 3.63) is 12.3 Å². The largest absolute Gasteiger partial charge is 0.504 e. The number of ether oxygens (including phenoxy) is 2. The lowest BCUT2D eigenvalue weighted by Gasteiger charge is -2.55. The van der Waals surface area contributed by atoms with E-state index in [4.69, 9.17) is 9.47 Å². The first-order valence-electron chi connectivity index (χ1n) is 6.61. The number of hydrogen-bond acceptors (Lipinski definition) is 3. The SMILES string of the molecule is COC=CC(=O)OC12CC3CC(CC(C3)C1)C2. The van der Waals surface area contributed by atoms with E-state index in [-0.39, 0.29) is 11.6 Å². The van der Waals surface area contributed by atoms with Gasteiger partial charge in [-0.15, -0.1) is 0 Å². The summed E-state index contributed by atoms with van der Waals surface area (Å²) in [6, 6.07) is 0. The maximum atomic E-state index is 11.7. The predicted octanol–water partition coefficient (Wildman–Crippen LogP) is 2.66. The summed E-state index contributed by atoms with van der Waals surface area (Å²) >= 11 is 0. The molecule has 4 aliphatic rings. The molecule has 3 heteroatoms. The third-order valence-corrected chi connectivity index (χ3v) is 4.64. The van der Waals surface area contributed by atoms with Crippen molar-refractivity contribution in [1.29, 1.82) is 0 Å². The monoisotopic (exact) mass is 236 g/mol. The Kier molecular flexibility index (Phi) is 2.64. The Labute approximate surface area is 102 Å². The molecule has 0 unspecified atom stereocenters. The molecule has 0 radical (unpaired) electrons. The third kappa shape index (κ3) is 2.07. The van der Waals surface area contributed by atoms with Crippen molar-refractivity contribution in [1.82, 2.24) is 0 Å². The van der Waals surface area contributed by atoms with E-state index < -0.39 is 0 Å². The molecule has 0 atom stereocenters. The van der Waals surface area contributed by atoms with E-state index in [1.807, 2.05) is 0 Å². The van der Waals surface area contributed by atoms with Crippen LogP contribution in [0.15, 0.2) is 12.3 Å². The zero-order valence-corrected chi connectivity index (χ0v) is 10.4. The van der Waals surface area contributed by atoms with Crippen molar-refractivity contribution in [2.75, 3.05) is 7.11 Å². The summed E-state index contributed by atoms with van der Waals surface area (Å²) in [4.78, 5) is 11.7. The van der Waals surface area contributed by atoms with Crippen LogP contribution in [0.1, 0.15) is 38.5 Å². The Bertz CT molecular complexity index is 310. The average molecular weight is 236 g/mol. The Balaban J connectivity index is 1.70. The molecule has 17 heavy (non-hydrogen) atoms. The molecule has 0 spiro atoms. The third-order valence-electron chi connectivity index (χ3n) is 4.64. The number of esters is 1. The van der Waals surface area contributed by atoms with Crippen molar-refractivity contribution >= 4 is 5.97 Å². The number of rotatable bonds is 3. The van der Waals surface area contributed by atoms with Gasteiger partial charge >= 0.3 is 5.97 Å². The van der Waals surface area contributed by atoms with Crippen LogP contribution in [0.2, 0.25) is 0 Å². The zero-order chi connectivity index (χ0) is 11.9. The van der Waals surface area contributed by atoms with Crippen molar-refractivity contribution in [2.24, 2.45) is 17.8 Å². The van der Waals surface area contributed by atoms with Gasteiger partial charge in [-0.2, -0.15) is 0 Å². The number of methoxy groups -OCH3 is 1. The molecule has 0 aromatic carbocycles. The smallest absolute Gasteiger partial charge is 0.334 e. The highest BCUT2D eigenvalue weighted by atomic mass is 16.6. The molecule has 3 nitrogen and oxygen atoms in total. The average Bonchev–Trinajstić information content (AvgIpc) is 2.23. The van der Waals surface area contributed by atoms with Crippen LogP contribution in [0.4, 0.5) is 0 Å². The van der Waals surface area contributed by atoms with E-state index >= 15 is 0 Å². The number of carbonyl (C=O) groups is 1.